The normalized spacial score (nSPS) is 15.6. The second-order valence-electron chi connectivity index (χ2n) is 11.5. The number of anilines is 1. The summed E-state index contributed by atoms with van der Waals surface area (Å²) in [5, 5.41) is 0. The zero-order chi connectivity index (χ0) is 28.9. The average Bonchev–Trinajstić information content (AvgIpc) is 3.12. The number of carbonyl (C=O) groups excluding carboxylic acids is 2. The third-order valence-electron chi connectivity index (χ3n) is 8.58. The molecule has 0 atom stereocenters. The standard InChI is InChI=1S/C36H36FN3O2/c37-31-11-4-9-28(22-31)25-40-33-23-29(13-14-32(33)36-30(24-35(40)42)10-5-17-38-36)34(41)12-6-18-39-19-15-27(16-20-39)21-26-7-2-1-3-8-26/h1-5,7-11,13-14,17,22-23,27H,6,12,15-16,18-21,24-25H2. The Morgan fingerprint density at radius 1 is 0.905 bits per heavy atom. The minimum absolute atomic E-state index is 0.0698. The number of nitrogens with zero attached hydrogens (tertiary/aromatic N) is 3. The van der Waals surface area contributed by atoms with E-state index in [0.717, 1.165) is 55.2 Å². The summed E-state index contributed by atoms with van der Waals surface area (Å²) in [6.07, 6.45) is 6.70. The van der Waals surface area contributed by atoms with Crippen LogP contribution in [-0.4, -0.2) is 41.2 Å². The zero-order valence-corrected chi connectivity index (χ0v) is 23.8. The molecule has 5 nitrogen and oxygen atoms in total. The maximum absolute atomic E-state index is 14.0. The van der Waals surface area contributed by atoms with E-state index in [1.165, 1.54) is 30.5 Å². The van der Waals surface area contributed by atoms with E-state index in [0.29, 0.717) is 23.2 Å². The largest absolute Gasteiger partial charge is 0.307 e. The number of amides is 1. The van der Waals surface area contributed by atoms with Crippen LogP contribution in [0.1, 0.15) is 52.7 Å². The monoisotopic (exact) mass is 561 g/mol. The van der Waals surface area contributed by atoms with Crippen LogP contribution in [0.25, 0.3) is 11.3 Å². The van der Waals surface area contributed by atoms with E-state index in [2.05, 4.69) is 40.2 Å². The van der Waals surface area contributed by atoms with E-state index in [1.54, 1.807) is 17.2 Å². The van der Waals surface area contributed by atoms with Crippen molar-refractivity contribution in [3.63, 3.8) is 0 Å². The van der Waals surface area contributed by atoms with Gasteiger partial charge < -0.3 is 9.80 Å². The number of hydrogen-bond acceptors (Lipinski definition) is 4. The molecule has 0 unspecified atom stereocenters. The summed E-state index contributed by atoms with van der Waals surface area (Å²) in [6.45, 7) is 3.29. The van der Waals surface area contributed by atoms with E-state index in [1.807, 2.05) is 36.4 Å². The lowest BCUT2D eigenvalue weighted by atomic mass is 9.90. The Balaban J connectivity index is 1.13. The number of ketones is 1. The maximum atomic E-state index is 14.0. The van der Waals surface area contributed by atoms with Gasteiger partial charge in [-0.2, -0.15) is 0 Å². The SMILES string of the molecule is O=C(CCCN1CCC(Cc2ccccc2)CC1)c1ccc2c(c1)N(Cc1cccc(F)c1)C(=O)Cc1cccnc1-2. The quantitative estimate of drug-likeness (QED) is 0.209. The fourth-order valence-electron chi connectivity index (χ4n) is 6.31. The first-order chi connectivity index (χ1) is 20.5. The van der Waals surface area contributed by atoms with Gasteiger partial charge in [0.1, 0.15) is 5.82 Å². The topological polar surface area (TPSA) is 53.5 Å². The number of likely N-dealkylation sites (tertiary alicyclic amines) is 1. The minimum Gasteiger partial charge on any atom is -0.307 e. The highest BCUT2D eigenvalue weighted by Gasteiger charge is 2.28. The predicted octanol–water partition coefficient (Wildman–Crippen LogP) is 6.89. The van der Waals surface area contributed by atoms with Crippen LogP contribution in [0.15, 0.2) is 91.1 Å². The molecule has 1 saturated heterocycles. The number of Topliss-reactive ketones (excluding diaryl/α,β-unsaturated/α-hetero) is 1. The molecule has 42 heavy (non-hydrogen) atoms. The lowest BCUT2D eigenvalue weighted by Crippen LogP contribution is -2.35. The van der Waals surface area contributed by atoms with Crippen molar-refractivity contribution in [2.45, 2.75) is 45.1 Å². The number of aromatic nitrogens is 1. The van der Waals surface area contributed by atoms with Gasteiger partial charge in [-0.15, -0.1) is 0 Å². The fourth-order valence-corrected chi connectivity index (χ4v) is 6.31. The van der Waals surface area contributed by atoms with E-state index in [-0.39, 0.29) is 30.5 Å². The number of benzene rings is 3. The van der Waals surface area contributed by atoms with Gasteiger partial charge in [-0.1, -0.05) is 54.6 Å². The Bertz CT molecular complexity index is 1560. The molecule has 0 radical (unpaired) electrons. The Morgan fingerprint density at radius 2 is 1.71 bits per heavy atom. The molecule has 1 amide bonds. The molecule has 6 heteroatoms. The van der Waals surface area contributed by atoms with E-state index < -0.39 is 0 Å². The molecular weight excluding hydrogens is 525 g/mol. The molecule has 3 heterocycles. The second-order valence-corrected chi connectivity index (χ2v) is 11.5. The summed E-state index contributed by atoms with van der Waals surface area (Å²) in [4.78, 5) is 35.6. The van der Waals surface area contributed by atoms with Crippen LogP contribution in [0.3, 0.4) is 0 Å². The lowest BCUT2D eigenvalue weighted by Gasteiger charge is -2.32. The molecule has 3 aromatic carbocycles. The Labute approximate surface area is 247 Å². The van der Waals surface area contributed by atoms with Gasteiger partial charge in [0, 0.05) is 23.7 Å². The van der Waals surface area contributed by atoms with Gasteiger partial charge in [0.2, 0.25) is 5.91 Å². The van der Waals surface area contributed by atoms with Crippen molar-refractivity contribution in [1.29, 1.82) is 0 Å². The molecule has 4 aromatic rings. The molecule has 0 bridgehead atoms. The van der Waals surface area contributed by atoms with Gasteiger partial charge in [-0.05, 0) is 98.3 Å². The van der Waals surface area contributed by atoms with Crippen molar-refractivity contribution in [3.05, 3.63) is 119 Å². The van der Waals surface area contributed by atoms with Crippen LogP contribution >= 0.6 is 0 Å². The summed E-state index contributed by atoms with van der Waals surface area (Å²) in [5.41, 5.74) is 5.74. The highest BCUT2D eigenvalue weighted by molar-refractivity contribution is 6.05. The highest BCUT2D eigenvalue weighted by Crippen LogP contribution is 2.37. The summed E-state index contributed by atoms with van der Waals surface area (Å²) in [6, 6.07) is 26.4. The van der Waals surface area contributed by atoms with Crippen LogP contribution in [0.2, 0.25) is 0 Å². The third kappa shape index (κ3) is 6.50. The number of hydrogen-bond donors (Lipinski definition) is 0. The molecular formula is C36H36FN3O2. The molecule has 0 saturated carbocycles. The molecule has 214 valence electrons. The highest BCUT2D eigenvalue weighted by atomic mass is 19.1. The fraction of sp³-hybridized carbons (Fsp3) is 0.306. The van der Waals surface area contributed by atoms with Crippen molar-refractivity contribution in [2.75, 3.05) is 24.5 Å². The van der Waals surface area contributed by atoms with Gasteiger partial charge in [0.25, 0.3) is 0 Å². The van der Waals surface area contributed by atoms with Crippen LogP contribution in [-0.2, 0) is 24.2 Å². The van der Waals surface area contributed by atoms with Crippen molar-refractivity contribution in [2.24, 2.45) is 5.92 Å². The molecule has 0 aliphatic carbocycles. The Hall–Kier alpha value is -4.16. The first kappa shape index (κ1) is 28.0. The molecule has 2 aliphatic heterocycles. The number of rotatable bonds is 9. The first-order valence-electron chi connectivity index (χ1n) is 15.0. The van der Waals surface area contributed by atoms with E-state index >= 15 is 0 Å². The minimum atomic E-state index is -0.343. The number of piperidine rings is 1. The third-order valence-corrected chi connectivity index (χ3v) is 8.58. The van der Waals surface area contributed by atoms with E-state index in [4.69, 9.17) is 0 Å². The Morgan fingerprint density at radius 3 is 2.52 bits per heavy atom. The molecule has 0 spiro atoms. The van der Waals surface area contributed by atoms with Crippen LogP contribution in [0.5, 0.6) is 0 Å². The average molecular weight is 562 g/mol. The maximum Gasteiger partial charge on any atom is 0.231 e. The smallest absolute Gasteiger partial charge is 0.231 e. The van der Waals surface area contributed by atoms with Gasteiger partial charge in [-0.25, -0.2) is 4.39 Å². The summed E-state index contributed by atoms with van der Waals surface area (Å²) < 4.78 is 14.0. The molecule has 6 rings (SSSR count). The number of carbonyl (C=O) groups is 2. The van der Waals surface area contributed by atoms with Crippen molar-refractivity contribution in [3.8, 4) is 11.3 Å². The molecule has 0 N–H and O–H groups in total. The number of halogens is 1. The van der Waals surface area contributed by atoms with Crippen LogP contribution in [0.4, 0.5) is 10.1 Å². The first-order valence-corrected chi connectivity index (χ1v) is 15.0. The van der Waals surface area contributed by atoms with Gasteiger partial charge in [0.15, 0.2) is 5.78 Å². The second kappa shape index (κ2) is 12.8. The van der Waals surface area contributed by atoms with E-state index in [9.17, 15) is 14.0 Å². The van der Waals surface area contributed by atoms with Crippen molar-refractivity contribution in [1.82, 2.24) is 9.88 Å². The summed E-state index contributed by atoms with van der Waals surface area (Å²) in [5.74, 6) is 0.347. The van der Waals surface area contributed by atoms with Crippen molar-refractivity contribution >= 4 is 17.4 Å². The molecule has 1 aromatic heterocycles. The summed E-state index contributed by atoms with van der Waals surface area (Å²) in [7, 11) is 0. The van der Waals surface area contributed by atoms with Crippen LogP contribution in [0, 0.1) is 11.7 Å². The molecule has 1 fully saturated rings. The Kier molecular flexibility index (Phi) is 8.52. The van der Waals surface area contributed by atoms with Crippen LogP contribution < -0.4 is 4.90 Å². The lowest BCUT2D eigenvalue weighted by molar-refractivity contribution is -0.118. The van der Waals surface area contributed by atoms with Gasteiger partial charge in [0.05, 0.1) is 24.3 Å². The number of pyridine rings is 1. The zero-order valence-electron chi connectivity index (χ0n) is 23.8. The van der Waals surface area contributed by atoms with Gasteiger partial charge >= 0.3 is 0 Å². The van der Waals surface area contributed by atoms with Gasteiger partial charge in [-0.3, -0.25) is 14.6 Å². The summed E-state index contributed by atoms with van der Waals surface area (Å²) >= 11 is 0. The number of fused-ring (bicyclic) bond motifs is 3. The van der Waals surface area contributed by atoms with Crippen molar-refractivity contribution < 1.29 is 14.0 Å². The molecule has 2 aliphatic rings. The predicted molar refractivity (Wildman–Crippen MR) is 164 cm³/mol.